The highest BCUT2D eigenvalue weighted by Gasteiger charge is 2.26. The number of nitrogens with zero attached hydrogens (tertiary/aromatic N) is 1. The molecule has 0 radical (unpaired) electrons. The number of carbonyl (C=O) groups is 1. The number of hydrogen-bond acceptors (Lipinski definition) is 2. The second-order valence-electron chi connectivity index (χ2n) is 4.49. The summed E-state index contributed by atoms with van der Waals surface area (Å²) in [6.07, 6.45) is 2.40. The van der Waals surface area contributed by atoms with Gasteiger partial charge < -0.3 is 5.32 Å². The molecule has 0 aliphatic carbocycles. The molecular weight excluding hydrogens is 224 g/mol. The fourth-order valence-electron chi connectivity index (χ4n) is 1.12. The smallest absolute Gasteiger partial charge is 0.230 e. The quantitative estimate of drug-likeness (QED) is 0.823. The maximum Gasteiger partial charge on any atom is 0.230 e. The Labute approximate surface area is 101 Å². The Kier molecular flexibility index (Phi) is 3.92. The Hall–Kier alpha value is -1.09. The van der Waals surface area contributed by atoms with Crippen LogP contribution in [0.3, 0.4) is 0 Å². The summed E-state index contributed by atoms with van der Waals surface area (Å²) in [6, 6.07) is 1.82. The number of nitrogens with one attached hydrogen (secondary N) is 1. The van der Waals surface area contributed by atoms with Gasteiger partial charge in [0.15, 0.2) is 5.15 Å². The highest BCUT2D eigenvalue weighted by Crippen LogP contribution is 2.27. The number of aromatic nitrogens is 1. The number of hydrogen-bond donors (Lipinski definition) is 1. The lowest BCUT2D eigenvalue weighted by Crippen LogP contribution is -2.30. The first-order valence-corrected chi connectivity index (χ1v) is 5.69. The van der Waals surface area contributed by atoms with Crippen molar-refractivity contribution in [2.24, 2.45) is 5.41 Å². The van der Waals surface area contributed by atoms with Gasteiger partial charge in [0.05, 0.1) is 5.69 Å². The molecule has 0 atom stereocenters. The van der Waals surface area contributed by atoms with Crippen molar-refractivity contribution in [2.45, 2.75) is 34.1 Å². The van der Waals surface area contributed by atoms with Crippen LogP contribution in [0.4, 0.5) is 5.69 Å². The van der Waals surface area contributed by atoms with Gasteiger partial charge in [-0.25, -0.2) is 4.98 Å². The van der Waals surface area contributed by atoms with E-state index in [-0.39, 0.29) is 5.91 Å². The summed E-state index contributed by atoms with van der Waals surface area (Å²) in [5.74, 6) is -0.0343. The van der Waals surface area contributed by atoms with E-state index < -0.39 is 5.41 Å². The summed E-state index contributed by atoms with van der Waals surface area (Å²) in [7, 11) is 0. The van der Waals surface area contributed by atoms with E-state index >= 15 is 0 Å². The largest absolute Gasteiger partial charge is 0.323 e. The van der Waals surface area contributed by atoms with Crippen LogP contribution in [0.25, 0.3) is 0 Å². The van der Waals surface area contributed by atoms with Crippen LogP contribution in [0.1, 0.15) is 32.8 Å². The van der Waals surface area contributed by atoms with E-state index in [4.69, 9.17) is 11.6 Å². The third-order valence-electron chi connectivity index (χ3n) is 2.85. The number of carbonyl (C=O) groups excluding carboxylic acids is 1. The zero-order valence-electron chi connectivity index (χ0n) is 10.1. The van der Waals surface area contributed by atoms with E-state index in [0.29, 0.717) is 10.8 Å². The van der Waals surface area contributed by atoms with Crippen molar-refractivity contribution in [1.82, 2.24) is 4.98 Å². The summed E-state index contributed by atoms with van der Waals surface area (Å²) < 4.78 is 0. The predicted octanol–water partition coefficient (Wildman–Crippen LogP) is 3.42. The minimum Gasteiger partial charge on any atom is -0.323 e. The maximum atomic E-state index is 12.0. The van der Waals surface area contributed by atoms with E-state index in [1.54, 1.807) is 6.20 Å². The summed E-state index contributed by atoms with van der Waals surface area (Å²) in [4.78, 5) is 15.9. The van der Waals surface area contributed by atoms with E-state index in [1.165, 1.54) is 0 Å². The number of halogens is 1. The van der Waals surface area contributed by atoms with Gasteiger partial charge in [0, 0.05) is 11.6 Å². The molecule has 0 unspecified atom stereocenters. The highest BCUT2D eigenvalue weighted by molar-refractivity contribution is 6.32. The minimum atomic E-state index is -0.397. The van der Waals surface area contributed by atoms with Crippen molar-refractivity contribution < 1.29 is 4.79 Å². The van der Waals surface area contributed by atoms with Crippen LogP contribution in [0, 0.1) is 12.3 Å². The molecule has 0 aliphatic heterocycles. The topological polar surface area (TPSA) is 42.0 Å². The highest BCUT2D eigenvalue weighted by atomic mass is 35.5. The van der Waals surface area contributed by atoms with Crippen molar-refractivity contribution in [1.29, 1.82) is 0 Å². The Morgan fingerprint density at radius 1 is 1.56 bits per heavy atom. The van der Waals surface area contributed by atoms with E-state index in [0.717, 1.165) is 12.0 Å². The van der Waals surface area contributed by atoms with Gasteiger partial charge in [0.25, 0.3) is 0 Å². The van der Waals surface area contributed by atoms with Crippen LogP contribution < -0.4 is 5.32 Å². The number of anilines is 1. The Morgan fingerprint density at radius 3 is 2.69 bits per heavy atom. The SMILES string of the molecule is CCC(C)(C)C(=O)Nc1c(C)ccnc1Cl. The van der Waals surface area contributed by atoms with Crippen LogP contribution in [0.2, 0.25) is 5.15 Å². The molecule has 1 N–H and O–H groups in total. The predicted molar refractivity (Wildman–Crippen MR) is 66.7 cm³/mol. The first-order valence-electron chi connectivity index (χ1n) is 5.31. The summed E-state index contributed by atoms with van der Waals surface area (Å²) >= 11 is 5.94. The number of pyridine rings is 1. The molecule has 0 spiro atoms. The molecule has 0 aliphatic rings. The van der Waals surface area contributed by atoms with Gasteiger partial charge in [-0.05, 0) is 25.0 Å². The van der Waals surface area contributed by atoms with Gasteiger partial charge in [0.1, 0.15) is 0 Å². The van der Waals surface area contributed by atoms with Gasteiger partial charge in [-0.3, -0.25) is 4.79 Å². The molecule has 1 amide bonds. The van der Waals surface area contributed by atoms with Gasteiger partial charge in [0.2, 0.25) is 5.91 Å². The average molecular weight is 241 g/mol. The van der Waals surface area contributed by atoms with Crippen LogP contribution in [0.15, 0.2) is 12.3 Å². The number of rotatable bonds is 3. The van der Waals surface area contributed by atoms with E-state index in [2.05, 4.69) is 10.3 Å². The maximum absolute atomic E-state index is 12.0. The molecule has 1 aromatic heterocycles. The van der Waals surface area contributed by atoms with Crippen LogP contribution >= 0.6 is 11.6 Å². The summed E-state index contributed by atoms with van der Waals surface area (Å²) in [5, 5.41) is 3.17. The first-order chi connectivity index (χ1) is 7.38. The molecule has 1 heterocycles. The third kappa shape index (κ3) is 2.73. The monoisotopic (exact) mass is 240 g/mol. The molecule has 1 rings (SSSR count). The number of amides is 1. The average Bonchev–Trinajstić information content (AvgIpc) is 2.23. The Balaban J connectivity index is 2.94. The number of aryl methyl sites for hydroxylation is 1. The second-order valence-corrected chi connectivity index (χ2v) is 4.84. The lowest BCUT2D eigenvalue weighted by atomic mass is 9.89. The zero-order chi connectivity index (χ0) is 12.3. The van der Waals surface area contributed by atoms with Crippen molar-refractivity contribution in [3.63, 3.8) is 0 Å². The Morgan fingerprint density at radius 2 is 2.19 bits per heavy atom. The fourth-order valence-corrected chi connectivity index (χ4v) is 1.37. The molecule has 0 bridgehead atoms. The normalized spacial score (nSPS) is 11.3. The van der Waals surface area contributed by atoms with Crippen molar-refractivity contribution >= 4 is 23.2 Å². The first kappa shape index (κ1) is 13.0. The molecular formula is C12H17ClN2O. The molecule has 0 saturated carbocycles. The molecule has 0 aromatic carbocycles. The van der Waals surface area contributed by atoms with Crippen molar-refractivity contribution in [3.8, 4) is 0 Å². The third-order valence-corrected chi connectivity index (χ3v) is 3.14. The molecule has 3 nitrogen and oxygen atoms in total. The molecule has 0 saturated heterocycles. The summed E-state index contributed by atoms with van der Waals surface area (Å²) in [6.45, 7) is 7.68. The zero-order valence-corrected chi connectivity index (χ0v) is 10.9. The second kappa shape index (κ2) is 4.83. The van der Waals surface area contributed by atoms with Crippen LogP contribution in [-0.4, -0.2) is 10.9 Å². The molecule has 88 valence electrons. The molecule has 0 fully saturated rings. The molecule has 1 aromatic rings. The fraction of sp³-hybridized carbons (Fsp3) is 0.500. The minimum absolute atomic E-state index is 0.0343. The van der Waals surface area contributed by atoms with Crippen molar-refractivity contribution in [2.75, 3.05) is 5.32 Å². The van der Waals surface area contributed by atoms with Gasteiger partial charge >= 0.3 is 0 Å². The standard InChI is InChI=1S/C12H17ClN2O/c1-5-12(3,4)11(16)15-9-8(2)6-7-14-10(9)13/h6-7H,5H2,1-4H3,(H,15,16). The van der Waals surface area contributed by atoms with E-state index in [9.17, 15) is 4.79 Å². The molecule has 4 heteroatoms. The Bertz CT molecular complexity index is 382. The van der Waals surface area contributed by atoms with Crippen LogP contribution in [-0.2, 0) is 4.79 Å². The lowest BCUT2D eigenvalue weighted by molar-refractivity contribution is -0.124. The summed E-state index contributed by atoms with van der Waals surface area (Å²) in [5.41, 5.74) is 1.13. The molecule has 16 heavy (non-hydrogen) atoms. The van der Waals surface area contributed by atoms with Gasteiger partial charge in [-0.15, -0.1) is 0 Å². The van der Waals surface area contributed by atoms with Gasteiger partial charge in [-0.2, -0.15) is 0 Å². The van der Waals surface area contributed by atoms with Crippen LogP contribution in [0.5, 0.6) is 0 Å². The van der Waals surface area contributed by atoms with Crippen molar-refractivity contribution in [3.05, 3.63) is 23.0 Å². The van der Waals surface area contributed by atoms with Gasteiger partial charge in [-0.1, -0.05) is 32.4 Å². The lowest BCUT2D eigenvalue weighted by Gasteiger charge is -2.22. The van der Waals surface area contributed by atoms with E-state index in [1.807, 2.05) is 33.8 Å².